The molecule has 6 heteroatoms. The Morgan fingerprint density at radius 3 is 3.06 bits per heavy atom. The average molecular weight is 233 g/mol. The fraction of sp³-hybridized carbons (Fsp3) is 0.545. The van der Waals surface area contributed by atoms with E-state index in [9.17, 15) is 4.79 Å². The molecule has 1 aromatic heterocycles. The van der Waals surface area contributed by atoms with E-state index in [-0.39, 0.29) is 5.91 Å². The molecular formula is C11H15N5O. The maximum Gasteiger partial charge on any atom is 0.223 e. The number of piperazine rings is 1. The lowest BCUT2D eigenvalue weighted by Gasteiger charge is -2.38. The van der Waals surface area contributed by atoms with Gasteiger partial charge in [0.15, 0.2) is 0 Å². The topological polar surface area (TPSA) is 75.3 Å². The number of nitrogen functional groups attached to an aromatic ring is 1. The van der Waals surface area contributed by atoms with Crippen molar-refractivity contribution >= 4 is 17.5 Å². The lowest BCUT2D eigenvalue weighted by Crippen LogP contribution is -2.51. The highest BCUT2D eigenvalue weighted by atomic mass is 16.2. The first-order valence-corrected chi connectivity index (χ1v) is 5.86. The molecule has 0 bridgehead atoms. The van der Waals surface area contributed by atoms with Gasteiger partial charge < -0.3 is 15.5 Å². The lowest BCUT2D eigenvalue weighted by atomic mass is 10.1. The molecule has 3 heterocycles. The summed E-state index contributed by atoms with van der Waals surface area (Å²) in [6.07, 6.45) is 3.12. The smallest absolute Gasteiger partial charge is 0.223 e. The van der Waals surface area contributed by atoms with Crippen molar-refractivity contribution in [3.8, 4) is 0 Å². The van der Waals surface area contributed by atoms with Gasteiger partial charge in [-0.15, -0.1) is 0 Å². The van der Waals surface area contributed by atoms with Gasteiger partial charge in [-0.25, -0.2) is 9.97 Å². The van der Waals surface area contributed by atoms with Gasteiger partial charge in [-0.05, 0) is 6.42 Å². The number of fused-ring (bicyclic) bond motifs is 1. The first-order chi connectivity index (χ1) is 8.24. The van der Waals surface area contributed by atoms with Gasteiger partial charge in [-0.2, -0.15) is 0 Å². The molecule has 2 aliphatic heterocycles. The number of nitrogens with zero attached hydrogens (tertiary/aromatic N) is 4. The van der Waals surface area contributed by atoms with E-state index in [1.165, 1.54) is 6.33 Å². The number of hydrogen-bond acceptors (Lipinski definition) is 5. The normalized spacial score (nSPS) is 24.0. The van der Waals surface area contributed by atoms with Crippen LogP contribution in [0.5, 0.6) is 0 Å². The van der Waals surface area contributed by atoms with Crippen LogP contribution in [0.3, 0.4) is 0 Å². The molecule has 1 atom stereocenters. The van der Waals surface area contributed by atoms with Gasteiger partial charge in [-0.3, -0.25) is 4.79 Å². The maximum absolute atomic E-state index is 11.6. The molecule has 1 unspecified atom stereocenters. The van der Waals surface area contributed by atoms with Gasteiger partial charge in [0.05, 0.1) is 0 Å². The SMILES string of the molecule is Nc1cc(N2CCN3C(=O)CCC3C2)ncn1. The van der Waals surface area contributed by atoms with E-state index < -0.39 is 0 Å². The fourth-order valence-electron chi connectivity index (χ4n) is 2.61. The molecule has 6 nitrogen and oxygen atoms in total. The Morgan fingerprint density at radius 2 is 2.24 bits per heavy atom. The standard InChI is InChI=1S/C11H15N5O/c12-9-5-10(14-7-13-9)15-3-4-16-8(6-15)1-2-11(16)17/h5,7-8H,1-4,6H2,(H2,12,13,14). The quantitative estimate of drug-likeness (QED) is 0.731. The number of aromatic nitrogens is 2. The first-order valence-electron chi connectivity index (χ1n) is 5.86. The van der Waals surface area contributed by atoms with E-state index in [0.717, 1.165) is 31.9 Å². The molecule has 90 valence electrons. The summed E-state index contributed by atoms with van der Waals surface area (Å²) in [7, 11) is 0. The Bertz CT molecular complexity index is 449. The van der Waals surface area contributed by atoms with Crippen molar-refractivity contribution in [3.05, 3.63) is 12.4 Å². The third-order valence-electron chi connectivity index (χ3n) is 3.49. The van der Waals surface area contributed by atoms with Crippen molar-refractivity contribution in [3.63, 3.8) is 0 Å². The predicted molar refractivity (Wildman–Crippen MR) is 63.4 cm³/mol. The van der Waals surface area contributed by atoms with Gasteiger partial charge in [0.1, 0.15) is 18.0 Å². The number of amides is 1. The molecule has 2 aliphatic rings. The van der Waals surface area contributed by atoms with Crippen molar-refractivity contribution in [2.45, 2.75) is 18.9 Å². The van der Waals surface area contributed by atoms with Crippen molar-refractivity contribution in [2.24, 2.45) is 0 Å². The second-order valence-electron chi connectivity index (χ2n) is 4.53. The van der Waals surface area contributed by atoms with Gasteiger partial charge >= 0.3 is 0 Å². The molecule has 2 fully saturated rings. The Morgan fingerprint density at radius 1 is 1.35 bits per heavy atom. The van der Waals surface area contributed by atoms with Crippen molar-refractivity contribution < 1.29 is 4.79 Å². The molecule has 3 rings (SSSR count). The summed E-state index contributed by atoms with van der Waals surface area (Å²) < 4.78 is 0. The molecule has 17 heavy (non-hydrogen) atoms. The van der Waals surface area contributed by atoms with Gasteiger partial charge in [-0.1, -0.05) is 0 Å². The highest BCUT2D eigenvalue weighted by Crippen LogP contribution is 2.25. The van der Waals surface area contributed by atoms with Gasteiger partial charge in [0, 0.05) is 38.2 Å². The number of rotatable bonds is 1. The zero-order valence-electron chi connectivity index (χ0n) is 9.54. The minimum absolute atomic E-state index is 0.289. The maximum atomic E-state index is 11.6. The minimum Gasteiger partial charge on any atom is -0.384 e. The zero-order valence-corrected chi connectivity index (χ0v) is 9.54. The summed E-state index contributed by atoms with van der Waals surface area (Å²) in [5.74, 6) is 1.63. The van der Waals surface area contributed by atoms with E-state index >= 15 is 0 Å². The summed E-state index contributed by atoms with van der Waals surface area (Å²) in [4.78, 5) is 23.8. The minimum atomic E-state index is 0.289. The molecule has 2 N–H and O–H groups in total. The Labute approximate surface area is 99.4 Å². The Kier molecular flexibility index (Phi) is 2.35. The van der Waals surface area contributed by atoms with Crippen LogP contribution in [0.4, 0.5) is 11.6 Å². The molecule has 0 aromatic carbocycles. The number of carbonyl (C=O) groups is 1. The van der Waals surface area contributed by atoms with Crippen LogP contribution >= 0.6 is 0 Å². The van der Waals surface area contributed by atoms with Crippen LogP contribution in [0.2, 0.25) is 0 Å². The highest BCUT2D eigenvalue weighted by Gasteiger charge is 2.35. The number of carbonyl (C=O) groups excluding carboxylic acids is 1. The van der Waals surface area contributed by atoms with E-state index in [2.05, 4.69) is 14.9 Å². The molecule has 0 saturated carbocycles. The summed E-state index contributed by atoms with van der Waals surface area (Å²) in [5.41, 5.74) is 5.65. The van der Waals surface area contributed by atoms with Crippen LogP contribution in [-0.4, -0.2) is 46.5 Å². The van der Waals surface area contributed by atoms with E-state index in [1.807, 2.05) is 4.90 Å². The molecule has 1 amide bonds. The summed E-state index contributed by atoms with van der Waals surface area (Å²) >= 11 is 0. The number of anilines is 2. The number of nitrogens with two attached hydrogens (primary N) is 1. The van der Waals surface area contributed by atoms with E-state index in [4.69, 9.17) is 5.73 Å². The Hall–Kier alpha value is -1.85. The predicted octanol–water partition coefficient (Wildman–Crippen LogP) is -0.130. The lowest BCUT2D eigenvalue weighted by molar-refractivity contribution is -0.129. The van der Waals surface area contributed by atoms with Crippen molar-refractivity contribution in [2.75, 3.05) is 30.3 Å². The summed E-state index contributed by atoms with van der Waals surface area (Å²) in [5, 5.41) is 0. The van der Waals surface area contributed by atoms with Crippen molar-refractivity contribution in [1.29, 1.82) is 0 Å². The van der Waals surface area contributed by atoms with Crippen LogP contribution in [0.15, 0.2) is 12.4 Å². The van der Waals surface area contributed by atoms with Crippen molar-refractivity contribution in [1.82, 2.24) is 14.9 Å². The molecular weight excluding hydrogens is 218 g/mol. The summed E-state index contributed by atoms with van der Waals surface area (Å²) in [6, 6.07) is 2.12. The fourth-order valence-corrected chi connectivity index (χ4v) is 2.61. The van der Waals surface area contributed by atoms with Crippen LogP contribution in [0.25, 0.3) is 0 Å². The summed E-state index contributed by atoms with van der Waals surface area (Å²) in [6.45, 7) is 2.45. The third-order valence-corrected chi connectivity index (χ3v) is 3.49. The highest BCUT2D eigenvalue weighted by molar-refractivity contribution is 5.79. The first kappa shape index (κ1) is 10.3. The van der Waals surface area contributed by atoms with Crippen LogP contribution in [0.1, 0.15) is 12.8 Å². The molecule has 0 spiro atoms. The molecule has 2 saturated heterocycles. The Balaban J connectivity index is 1.77. The zero-order chi connectivity index (χ0) is 11.8. The largest absolute Gasteiger partial charge is 0.384 e. The van der Waals surface area contributed by atoms with Gasteiger partial charge in [0.2, 0.25) is 5.91 Å². The monoisotopic (exact) mass is 233 g/mol. The van der Waals surface area contributed by atoms with Crippen LogP contribution in [-0.2, 0) is 4.79 Å². The van der Waals surface area contributed by atoms with Crippen LogP contribution < -0.4 is 10.6 Å². The number of hydrogen-bond donors (Lipinski definition) is 1. The molecule has 0 aliphatic carbocycles. The van der Waals surface area contributed by atoms with Gasteiger partial charge in [0.25, 0.3) is 0 Å². The third kappa shape index (κ3) is 1.79. The second-order valence-corrected chi connectivity index (χ2v) is 4.53. The molecule has 1 aromatic rings. The van der Waals surface area contributed by atoms with E-state index in [1.54, 1.807) is 6.07 Å². The second kappa shape index (κ2) is 3.87. The van der Waals surface area contributed by atoms with E-state index in [0.29, 0.717) is 18.3 Å². The average Bonchev–Trinajstić information content (AvgIpc) is 2.71. The molecule has 0 radical (unpaired) electrons. The van der Waals surface area contributed by atoms with Crippen LogP contribution in [0, 0.1) is 0 Å².